The second kappa shape index (κ2) is 10.4. The Morgan fingerprint density at radius 3 is 1.69 bits per heavy atom. The Morgan fingerprint density at radius 1 is 0.861 bits per heavy atom. The van der Waals surface area contributed by atoms with Crippen molar-refractivity contribution in [3.8, 4) is 12.3 Å². The average molecular weight is 493 g/mol. The minimum Gasteiger partial charge on any atom is -0.341 e. The minimum absolute atomic E-state index is 0.00769. The fourth-order valence-corrected chi connectivity index (χ4v) is 5.42. The maximum absolute atomic E-state index is 12.5. The lowest BCUT2D eigenvalue weighted by Gasteiger charge is -2.45. The molecule has 2 unspecified atom stereocenters. The number of benzene rings is 4. The van der Waals surface area contributed by atoms with Crippen molar-refractivity contribution in [2.45, 2.75) is 17.0 Å². The third kappa shape index (κ3) is 4.42. The molecule has 1 saturated heterocycles. The Bertz CT molecular complexity index is 1390. The van der Waals surface area contributed by atoms with Crippen LogP contribution in [0.15, 0.2) is 109 Å². The molecule has 2 atom stereocenters. The summed E-state index contributed by atoms with van der Waals surface area (Å²) in [5.41, 5.74) is 2.58. The summed E-state index contributed by atoms with van der Waals surface area (Å²) in [7, 11) is 0. The van der Waals surface area contributed by atoms with Crippen molar-refractivity contribution in [1.29, 1.82) is 0 Å². The number of thioether (sulfide) groups is 1. The highest BCUT2D eigenvalue weighted by atomic mass is 32.2. The molecule has 0 bridgehead atoms. The van der Waals surface area contributed by atoms with Crippen LogP contribution in [-0.2, 0) is 10.3 Å². The van der Waals surface area contributed by atoms with Crippen LogP contribution in [0, 0.1) is 28.6 Å². The van der Waals surface area contributed by atoms with Crippen molar-refractivity contribution < 1.29 is 9.18 Å². The summed E-state index contributed by atoms with van der Waals surface area (Å²) in [6.45, 7) is 0. The highest BCUT2D eigenvalue weighted by molar-refractivity contribution is 8.00. The van der Waals surface area contributed by atoms with Crippen molar-refractivity contribution in [3.63, 3.8) is 0 Å². The molecule has 1 fully saturated rings. The molecule has 5 heteroatoms. The highest BCUT2D eigenvalue weighted by Gasteiger charge is 2.47. The SMILES string of the molecule is C#CCSC1NC(=O)C1NC(c1ccccc1)(c1ccccc1)c1ccccc1.Fc1cc2ccc1=2. The summed E-state index contributed by atoms with van der Waals surface area (Å²) in [5, 5.41) is 8.51. The molecule has 0 spiro atoms. The lowest BCUT2D eigenvalue weighted by atomic mass is 9.76. The van der Waals surface area contributed by atoms with Gasteiger partial charge in [-0.25, -0.2) is 4.39 Å². The summed E-state index contributed by atoms with van der Waals surface area (Å²) in [6, 6.07) is 35.7. The van der Waals surface area contributed by atoms with E-state index < -0.39 is 5.54 Å². The smallest absolute Gasteiger partial charge is 0.241 e. The third-order valence-electron chi connectivity index (χ3n) is 6.49. The quantitative estimate of drug-likeness (QED) is 0.187. The van der Waals surface area contributed by atoms with Gasteiger partial charge in [0.15, 0.2) is 0 Å². The van der Waals surface area contributed by atoms with Gasteiger partial charge in [0.1, 0.15) is 17.2 Å². The number of hydrogen-bond donors (Lipinski definition) is 2. The van der Waals surface area contributed by atoms with E-state index in [0.29, 0.717) is 5.75 Å². The largest absolute Gasteiger partial charge is 0.341 e. The van der Waals surface area contributed by atoms with E-state index in [0.717, 1.165) is 27.1 Å². The number of β-lactam (4-membered cyclic amide) rings is 1. The van der Waals surface area contributed by atoms with Crippen molar-refractivity contribution in [2.24, 2.45) is 0 Å². The lowest BCUT2D eigenvalue weighted by Crippen LogP contribution is -2.70. The summed E-state index contributed by atoms with van der Waals surface area (Å²) in [5.74, 6) is 3.13. The fourth-order valence-electron chi connectivity index (χ4n) is 4.56. The van der Waals surface area contributed by atoms with Gasteiger partial charge in [-0.1, -0.05) is 109 Å². The average Bonchev–Trinajstić information content (AvgIpc) is 2.92. The first-order valence-electron chi connectivity index (χ1n) is 11.7. The summed E-state index contributed by atoms with van der Waals surface area (Å²) < 4.78 is 12.0. The van der Waals surface area contributed by atoms with Crippen LogP contribution in [0.5, 0.6) is 0 Å². The molecule has 2 N–H and O–H groups in total. The van der Waals surface area contributed by atoms with Gasteiger partial charge in [-0.05, 0) is 28.0 Å². The van der Waals surface area contributed by atoms with Gasteiger partial charge in [-0.2, -0.15) is 0 Å². The first-order chi connectivity index (χ1) is 17.6. The second-order valence-corrected chi connectivity index (χ2v) is 9.74. The number of halogens is 1. The molecule has 1 aliphatic heterocycles. The van der Waals surface area contributed by atoms with Gasteiger partial charge in [-0.3, -0.25) is 10.1 Å². The van der Waals surface area contributed by atoms with Crippen LogP contribution in [0.1, 0.15) is 16.7 Å². The number of hydrogen-bond acceptors (Lipinski definition) is 3. The van der Waals surface area contributed by atoms with Gasteiger partial charge in [0.05, 0.1) is 11.3 Å². The van der Waals surface area contributed by atoms with E-state index in [1.54, 1.807) is 17.8 Å². The number of nitrogens with one attached hydrogen (secondary N) is 2. The lowest BCUT2D eigenvalue weighted by molar-refractivity contribution is -0.129. The maximum atomic E-state index is 12.5. The summed E-state index contributed by atoms with van der Waals surface area (Å²) in [4.78, 5) is 12.5. The van der Waals surface area contributed by atoms with Crippen LogP contribution in [0.2, 0.25) is 0 Å². The van der Waals surface area contributed by atoms with Gasteiger partial charge in [0, 0.05) is 5.22 Å². The third-order valence-corrected chi connectivity index (χ3v) is 7.57. The first kappa shape index (κ1) is 23.9. The Morgan fingerprint density at radius 2 is 1.39 bits per heavy atom. The highest BCUT2D eigenvalue weighted by Crippen LogP contribution is 2.38. The Hall–Kier alpha value is -3.85. The van der Waals surface area contributed by atoms with E-state index >= 15 is 0 Å². The van der Waals surface area contributed by atoms with Gasteiger partial charge in [0.2, 0.25) is 5.91 Å². The molecule has 1 amide bonds. The number of terminal acetylenes is 1. The second-order valence-electron chi connectivity index (χ2n) is 8.61. The van der Waals surface area contributed by atoms with Crippen molar-refractivity contribution in [3.05, 3.63) is 142 Å². The van der Waals surface area contributed by atoms with E-state index in [4.69, 9.17) is 6.42 Å². The Balaban J connectivity index is 0.000000323. The normalized spacial score (nSPS) is 17.1. The van der Waals surface area contributed by atoms with Crippen LogP contribution >= 0.6 is 11.8 Å². The zero-order valence-electron chi connectivity index (χ0n) is 19.5. The van der Waals surface area contributed by atoms with Crippen molar-refractivity contribution in [1.82, 2.24) is 10.6 Å². The molecule has 178 valence electrons. The van der Waals surface area contributed by atoms with Crippen LogP contribution in [0.4, 0.5) is 4.39 Å². The maximum Gasteiger partial charge on any atom is 0.241 e. The van der Waals surface area contributed by atoms with E-state index in [2.05, 4.69) is 53.0 Å². The van der Waals surface area contributed by atoms with E-state index in [9.17, 15) is 9.18 Å². The molecule has 3 nitrogen and oxygen atoms in total. The van der Waals surface area contributed by atoms with E-state index in [1.165, 1.54) is 6.07 Å². The van der Waals surface area contributed by atoms with Crippen LogP contribution in [0.3, 0.4) is 0 Å². The molecule has 0 saturated carbocycles. The topological polar surface area (TPSA) is 41.1 Å². The van der Waals surface area contributed by atoms with E-state index in [-0.39, 0.29) is 23.1 Å². The molecule has 3 aromatic rings. The summed E-state index contributed by atoms with van der Waals surface area (Å²) in [6.07, 6.45) is 5.43. The van der Waals surface area contributed by atoms with Gasteiger partial charge < -0.3 is 5.32 Å². The number of rotatable bonds is 7. The predicted octanol–water partition coefficient (Wildman–Crippen LogP) is 5.19. The number of carbonyl (C=O) groups is 1. The van der Waals surface area contributed by atoms with Crippen LogP contribution in [-0.4, -0.2) is 23.1 Å². The van der Waals surface area contributed by atoms with Gasteiger partial charge in [-0.15, -0.1) is 18.2 Å². The van der Waals surface area contributed by atoms with Gasteiger partial charge >= 0.3 is 0 Å². The van der Waals surface area contributed by atoms with Crippen molar-refractivity contribution >= 4 is 17.7 Å². The molecule has 2 aliphatic carbocycles. The predicted molar refractivity (Wildman–Crippen MR) is 143 cm³/mol. The molecule has 0 radical (unpaired) electrons. The fraction of sp³-hybridized carbons (Fsp3) is 0.129. The molecular formula is C31H25FN2OS. The molecule has 6 rings (SSSR count). The van der Waals surface area contributed by atoms with Gasteiger partial charge in [0.25, 0.3) is 0 Å². The first-order valence-corrected chi connectivity index (χ1v) is 12.8. The zero-order valence-corrected chi connectivity index (χ0v) is 20.3. The standard InChI is InChI=1S/C25H22N2OS.C6H3F/c1-2-18-29-24-22(23(28)26-24)27-25(19-12-6-3-7-13-19,20-14-8-4-9-15-20)21-16-10-5-11-17-21;7-6-3-4-1-2-5(4)6/h1,3-17,22,24,27H,18H2,(H,26,28);1-3H. The molecule has 36 heavy (non-hydrogen) atoms. The van der Waals surface area contributed by atoms with Crippen LogP contribution < -0.4 is 10.6 Å². The molecule has 1 heterocycles. The Kier molecular flexibility index (Phi) is 6.90. The molecular weight excluding hydrogens is 467 g/mol. The van der Waals surface area contributed by atoms with Crippen molar-refractivity contribution in [2.75, 3.05) is 5.75 Å². The number of carbonyl (C=O) groups excluding carboxylic acids is 1. The summed E-state index contributed by atoms with van der Waals surface area (Å²) >= 11 is 1.57. The number of amides is 1. The molecule has 3 aromatic carbocycles. The minimum atomic E-state index is -0.666. The Labute approximate surface area is 214 Å². The van der Waals surface area contributed by atoms with Crippen LogP contribution in [0.25, 0.3) is 0 Å². The zero-order chi connectivity index (χ0) is 25.0. The molecule has 3 aliphatic rings. The molecule has 0 aromatic heterocycles. The monoisotopic (exact) mass is 492 g/mol. The van der Waals surface area contributed by atoms with E-state index in [1.807, 2.05) is 60.7 Å².